The zero-order valence-corrected chi connectivity index (χ0v) is 12.0. The van der Waals surface area contributed by atoms with Gasteiger partial charge in [-0.2, -0.15) is 0 Å². The van der Waals surface area contributed by atoms with Gasteiger partial charge >= 0.3 is 0 Å². The first-order chi connectivity index (χ1) is 8.90. The van der Waals surface area contributed by atoms with Crippen LogP contribution in [0.25, 0.3) is 0 Å². The number of hydrogen-bond donors (Lipinski definition) is 3. The van der Waals surface area contributed by atoms with Crippen LogP contribution < -0.4 is 11.1 Å². The Morgan fingerprint density at radius 3 is 2.37 bits per heavy atom. The van der Waals surface area contributed by atoms with E-state index in [0.29, 0.717) is 6.54 Å². The van der Waals surface area contributed by atoms with E-state index in [-0.39, 0.29) is 29.9 Å². The van der Waals surface area contributed by atoms with Crippen molar-refractivity contribution in [1.82, 2.24) is 5.32 Å². The number of benzene rings is 1. The van der Waals surface area contributed by atoms with Crippen molar-refractivity contribution in [2.75, 3.05) is 13.2 Å². The van der Waals surface area contributed by atoms with Gasteiger partial charge in [0, 0.05) is 24.7 Å². The molecule has 3 unspecified atom stereocenters. The first-order valence-corrected chi connectivity index (χ1v) is 6.73. The standard InChI is InChI=1S/C15H25FN2O/c1-11(9-19)12(2)18-15(3,10-17)8-13-4-6-14(16)7-5-13/h4-7,11-12,18-19H,8-10,17H2,1-3H3. The third kappa shape index (κ3) is 4.90. The van der Waals surface area contributed by atoms with Crippen molar-refractivity contribution in [3.8, 4) is 0 Å². The number of hydrogen-bond acceptors (Lipinski definition) is 3. The molecule has 0 amide bonds. The summed E-state index contributed by atoms with van der Waals surface area (Å²) in [7, 11) is 0. The molecule has 0 bridgehead atoms. The summed E-state index contributed by atoms with van der Waals surface area (Å²) in [5, 5.41) is 12.7. The maximum atomic E-state index is 12.9. The van der Waals surface area contributed by atoms with Crippen LogP contribution in [0.5, 0.6) is 0 Å². The SMILES string of the molecule is CC(CO)C(C)NC(C)(CN)Cc1ccc(F)cc1. The van der Waals surface area contributed by atoms with Gasteiger partial charge in [0.2, 0.25) is 0 Å². The predicted octanol–water partition coefficient (Wildman–Crippen LogP) is 1.69. The van der Waals surface area contributed by atoms with Gasteiger partial charge in [-0.25, -0.2) is 4.39 Å². The van der Waals surface area contributed by atoms with E-state index in [1.165, 1.54) is 12.1 Å². The van der Waals surface area contributed by atoms with Gasteiger partial charge in [0.25, 0.3) is 0 Å². The largest absolute Gasteiger partial charge is 0.396 e. The van der Waals surface area contributed by atoms with Crippen molar-refractivity contribution in [3.63, 3.8) is 0 Å². The van der Waals surface area contributed by atoms with Crippen LogP contribution in [0.2, 0.25) is 0 Å². The summed E-state index contributed by atoms with van der Waals surface area (Å²) in [6.07, 6.45) is 0.728. The monoisotopic (exact) mass is 268 g/mol. The van der Waals surface area contributed by atoms with Gasteiger partial charge in [-0.05, 0) is 43.9 Å². The van der Waals surface area contributed by atoms with Crippen LogP contribution in [0.4, 0.5) is 4.39 Å². The normalized spacial score (nSPS) is 17.8. The van der Waals surface area contributed by atoms with Crippen LogP contribution >= 0.6 is 0 Å². The molecule has 0 fully saturated rings. The molecule has 1 aromatic carbocycles. The summed E-state index contributed by atoms with van der Waals surface area (Å²) < 4.78 is 12.9. The van der Waals surface area contributed by atoms with Crippen molar-refractivity contribution in [1.29, 1.82) is 0 Å². The highest BCUT2D eigenvalue weighted by Gasteiger charge is 2.26. The molecular formula is C15H25FN2O. The molecule has 108 valence electrons. The number of rotatable bonds is 7. The van der Waals surface area contributed by atoms with Crippen molar-refractivity contribution in [3.05, 3.63) is 35.6 Å². The predicted molar refractivity (Wildman–Crippen MR) is 76.4 cm³/mol. The second kappa shape index (κ2) is 6.98. The molecule has 0 spiro atoms. The van der Waals surface area contributed by atoms with Crippen LogP contribution in [0, 0.1) is 11.7 Å². The Hall–Kier alpha value is -0.970. The highest BCUT2D eigenvalue weighted by atomic mass is 19.1. The molecule has 0 aliphatic carbocycles. The summed E-state index contributed by atoms with van der Waals surface area (Å²) >= 11 is 0. The highest BCUT2D eigenvalue weighted by molar-refractivity contribution is 5.19. The smallest absolute Gasteiger partial charge is 0.123 e. The lowest BCUT2D eigenvalue weighted by atomic mass is 9.90. The highest BCUT2D eigenvalue weighted by Crippen LogP contribution is 2.16. The zero-order chi connectivity index (χ0) is 14.5. The lowest BCUT2D eigenvalue weighted by Gasteiger charge is -2.35. The molecule has 1 aromatic rings. The van der Waals surface area contributed by atoms with Crippen LogP contribution in [-0.2, 0) is 6.42 Å². The second-order valence-corrected chi connectivity index (χ2v) is 5.66. The minimum atomic E-state index is -0.263. The van der Waals surface area contributed by atoms with Gasteiger partial charge in [-0.3, -0.25) is 0 Å². The third-order valence-electron chi connectivity index (χ3n) is 3.68. The molecule has 19 heavy (non-hydrogen) atoms. The summed E-state index contributed by atoms with van der Waals surface area (Å²) in [5.74, 6) is -0.0625. The topological polar surface area (TPSA) is 58.3 Å². The Labute approximate surface area is 115 Å². The summed E-state index contributed by atoms with van der Waals surface area (Å²) in [6.45, 7) is 6.71. The Morgan fingerprint density at radius 1 is 1.32 bits per heavy atom. The quantitative estimate of drug-likeness (QED) is 0.705. The third-order valence-corrected chi connectivity index (χ3v) is 3.68. The summed E-state index contributed by atoms with van der Waals surface area (Å²) in [6, 6.07) is 6.66. The molecule has 4 heteroatoms. The first kappa shape index (κ1) is 16.1. The Bertz CT molecular complexity index is 382. The molecule has 4 N–H and O–H groups in total. The Kier molecular flexibility index (Phi) is 5.91. The molecule has 1 rings (SSSR count). The van der Waals surface area contributed by atoms with Gasteiger partial charge in [0.1, 0.15) is 5.82 Å². The minimum Gasteiger partial charge on any atom is -0.396 e. The average Bonchev–Trinajstić information content (AvgIpc) is 2.40. The maximum Gasteiger partial charge on any atom is 0.123 e. The summed E-state index contributed by atoms with van der Waals surface area (Å²) in [5.41, 5.74) is 6.66. The number of nitrogens with one attached hydrogen (secondary N) is 1. The van der Waals surface area contributed by atoms with E-state index < -0.39 is 0 Å². The molecule has 0 saturated carbocycles. The fourth-order valence-electron chi connectivity index (χ4n) is 2.08. The maximum absolute atomic E-state index is 12.9. The molecule has 3 atom stereocenters. The van der Waals surface area contributed by atoms with E-state index in [9.17, 15) is 9.50 Å². The Balaban J connectivity index is 2.71. The van der Waals surface area contributed by atoms with Crippen LogP contribution in [-0.4, -0.2) is 29.8 Å². The molecule has 0 aliphatic rings. The van der Waals surface area contributed by atoms with Crippen molar-refractivity contribution in [2.45, 2.75) is 38.8 Å². The van der Waals surface area contributed by atoms with Crippen LogP contribution in [0.15, 0.2) is 24.3 Å². The van der Waals surface area contributed by atoms with Gasteiger partial charge in [-0.1, -0.05) is 19.1 Å². The number of aliphatic hydroxyl groups is 1. The number of nitrogens with two attached hydrogens (primary N) is 1. The van der Waals surface area contributed by atoms with E-state index in [0.717, 1.165) is 12.0 Å². The Morgan fingerprint density at radius 2 is 1.89 bits per heavy atom. The van der Waals surface area contributed by atoms with Crippen LogP contribution in [0.3, 0.4) is 0 Å². The molecule has 0 radical (unpaired) electrons. The molecular weight excluding hydrogens is 243 g/mol. The first-order valence-electron chi connectivity index (χ1n) is 6.73. The molecule has 3 nitrogen and oxygen atoms in total. The fourth-order valence-corrected chi connectivity index (χ4v) is 2.08. The zero-order valence-electron chi connectivity index (χ0n) is 12.0. The van der Waals surface area contributed by atoms with E-state index in [4.69, 9.17) is 5.73 Å². The lowest BCUT2D eigenvalue weighted by molar-refractivity contribution is 0.184. The summed E-state index contributed by atoms with van der Waals surface area (Å²) in [4.78, 5) is 0. The van der Waals surface area contributed by atoms with Gasteiger partial charge < -0.3 is 16.2 Å². The van der Waals surface area contributed by atoms with Gasteiger partial charge in [-0.15, -0.1) is 0 Å². The van der Waals surface area contributed by atoms with Gasteiger partial charge in [0.05, 0.1) is 0 Å². The van der Waals surface area contributed by atoms with Crippen LogP contribution in [0.1, 0.15) is 26.3 Å². The van der Waals surface area contributed by atoms with E-state index in [1.807, 2.05) is 13.8 Å². The van der Waals surface area contributed by atoms with Crippen molar-refractivity contribution < 1.29 is 9.50 Å². The van der Waals surface area contributed by atoms with E-state index in [1.54, 1.807) is 12.1 Å². The lowest BCUT2D eigenvalue weighted by Crippen LogP contribution is -2.55. The van der Waals surface area contributed by atoms with Crippen molar-refractivity contribution in [2.24, 2.45) is 11.7 Å². The van der Waals surface area contributed by atoms with E-state index in [2.05, 4.69) is 12.2 Å². The number of halogens is 1. The second-order valence-electron chi connectivity index (χ2n) is 5.66. The minimum absolute atomic E-state index is 0.144. The molecule has 0 heterocycles. The molecule has 0 saturated heterocycles. The fraction of sp³-hybridized carbons (Fsp3) is 0.600. The molecule has 0 aliphatic heterocycles. The average molecular weight is 268 g/mol. The van der Waals surface area contributed by atoms with E-state index >= 15 is 0 Å². The van der Waals surface area contributed by atoms with Gasteiger partial charge in [0.15, 0.2) is 0 Å². The number of aliphatic hydroxyl groups excluding tert-OH is 1. The van der Waals surface area contributed by atoms with Crippen molar-refractivity contribution >= 4 is 0 Å². The molecule has 0 aromatic heterocycles.